The fourth-order valence-electron chi connectivity index (χ4n) is 4.84. The summed E-state index contributed by atoms with van der Waals surface area (Å²) in [6.07, 6.45) is 1.10. The number of hydrogen-bond donors (Lipinski definition) is 0. The Morgan fingerprint density at radius 1 is 1.03 bits per heavy atom. The molecule has 1 heterocycles. The number of carbonyl (C=O) groups is 2. The summed E-state index contributed by atoms with van der Waals surface area (Å²) < 4.78 is 11.0. The molecule has 33 heavy (non-hydrogen) atoms. The molecule has 4 rings (SSSR count). The molecule has 0 radical (unpaired) electrons. The van der Waals surface area contributed by atoms with Crippen molar-refractivity contribution in [1.29, 1.82) is 0 Å². The van der Waals surface area contributed by atoms with Gasteiger partial charge in [-0.2, -0.15) is 0 Å². The molecule has 1 aliphatic heterocycles. The van der Waals surface area contributed by atoms with Gasteiger partial charge in [-0.05, 0) is 48.4 Å². The van der Waals surface area contributed by atoms with Crippen LogP contribution < -0.4 is 4.74 Å². The molecule has 172 valence electrons. The number of ketones is 1. The van der Waals surface area contributed by atoms with E-state index in [1.807, 2.05) is 63.2 Å². The van der Waals surface area contributed by atoms with Crippen molar-refractivity contribution >= 4 is 17.5 Å². The highest BCUT2D eigenvalue weighted by atomic mass is 16.5. The minimum Gasteiger partial charge on any atom is -0.497 e. The molecule has 0 saturated heterocycles. The van der Waals surface area contributed by atoms with Gasteiger partial charge in [0.2, 0.25) is 0 Å². The summed E-state index contributed by atoms with van der Waals surface area (Å²) >= 11 is 0. The summed E-state index contributed by atoms with van der Waals surface area (Å²) in [7, 11) is 1.62. The second-order valence-corrected chi connectivity index (χ2v) is 9.30. The van der Waals surface area contributed by atoms with Gasteiger partial charge in [-0.1, -0.05) is 56.3 Å². The monoisotopic (exact) mass is 445 g/mol. The van der Waals surface area contributed by atoms with Gasteiger partial charge in [-0.25, -0.2) is 0 Å². The summed E-state index contributed by atoms with van der Waals surface area (Å²) in [5.74, 6) is -0.242. The summed E-state index contributed by atoms with van der Waals surface area (Å²) in [6, 6.07) is 17.7. The zero-order valence-electron chi connectivity index (χ0n) is 19.7. The van der Waals surface area contributed by atoms with E-state index < -0.39 is 11.8 Å². The van der Waals surface area contributed by atoms with Crippen molar-refractivity contribution in [2.45, 2.75) is 45.4 Å². The zero-order chi connectivity index (χ0) is 23.5. The Hall–Kier alpha value is -3.21. The molecule has 0 amide bonds. The normalized spacial score (nSPS) is 22.6. The van der Waals surface area contributed by atoms with E-state index in [1.165, 1.54) is 0 Å². The third-order valence-corrected chi connectivity index (χ3v) is 6.45. The Balaban J connectivity index is 1.76. The van der Waals surface area contributed by atoms with E-state index in [-0.39, 0.29) is 23.6 Å². The topological polar surface area (TPSA) is 65.0 Å². The predicted octanol–water partition coefficient (Wildman–Crippen LogP) is 5.47. The molecule has 0 fully saturated rings. The summed E-state index contributed by atoms with van der Waals surface area (Å²) in [5, 5.41) is 0. The van der Waals surface area contributed by atoms with Crippen LogP contribution in [0.25, 0.3) is 0 Å². The highest BCUT2D eigenvalue weighted by molar-refractivity contribution is 6.09. The van der Waals surface area contributed by atoms with E-state index >= 15 is 0 Å². The lowest BCUT2D eigenvalue weighted by atomic mass is 9.69. The lowest BCUT2D eigenvalue weighted by molar-refractivity contribution is -0.147. The first-order valence-corrected chi connectivity index (χ1v) is 11.6. The van der Waals surface area contributed by atoms with Crippen LogP contribution in [0.1, 0.15) is 56.6 Å². The van der Waals surface area contributed by atoms with Crippen LogP contribution >= 0.6 is 0 Å². The van der Waals surface area contributed by atoms with Crippen molar-refractivity contribution in [3.05, 3.63) is 77.0 Å². The molecular weight excluding hydrogens is 414 g/mol. The van der Waals surface area contributed by atoms with Crippen molar-refractivity contribution in [3.63, 3.8) is 0 Å². The number of carbonyl (C=O) groups excluding carboxylic acids is 2. The Morgan fingerprint density at radius 2 is 1.73 bits per heavy atom. The van der Waals surface area contributed by atoms with Crippen LogP contribution in [0.4, 0.5) is 0 Å². The van der Waals surface area contributed by atoms with Crippen LogP contribution in [0.2, 0.25) is 0 Å². The van der Waals surface area contributed by atoms with Crippen molar-refractivity contribution in [1.82, 2.24) is 0 Å². The molecule has 2 aromatic carbocycles. The SMILES string of the molecule is COc1ccc([C@@H]2C3=C(C[C@@H](c4ccccc4)CC3=O)N=C(C)C2C(=O)OCC(C)C)cc1. The van der Waals surface area contributed by atoms with Gasteiger partial charge >= 0.3 is 5.97 Å². The smallest absolute Gasteiger partial charge is 0.315 e. The maximum absolute atomic E-state index is 13.6. The number of Topliss-reactive ketones (excluding diaryl/α,β-unsaturated/α-hetero) is 1. The van der Waals surface area contributed by atoms with Crippen LogP contribution in [0.3, 0.4) is 0 Å². The Labute approximate surface area is 195 Å². The number of benzene rings is 2. The van der Waals surface area contributed by atoms with Gasteiger partial charge in [0.25, 0.3) is 0 Å². The Bertz CT molecular complexity index is 1080. The number of methoxy groups -OCH3 is 1. The lowest BCUT2D eigenvalue weighted by Gasteiger charge is -2.36. The van der Waals surface area contributed by atoms with Crippen LogP contribution in [0.5, 0.6) is 5.75 Å². The van der Waals surface area contributed by atoms with E-state index in [0.29, 0.717) is 30.7 Å². The van der Waals surface area contributed by atoms with E-state index in [2.05, 4.69) is 12.1 Å². The number of nitrogens with zero attached hydrogens (tertiary/aromatic N) is 1. The molecule has 3 atom stereocenters. The molecule has 0 spiro atoms. The standard InChI is InChI=1S/C28H31NO4/c1-17(2)16-33-28(31)25-18(3)29-23-14-21(19-8-6-5-7-9-19)15-24(30)27(23)26(25)20-10-12-22(32-4)13-11-20/h5-13,17,21,25-26H,14-16H2,1-4H3/t21-,25?,26+/m1/s1. The Morgan fingerprint density at radius 3 is 2.36 bits per heavy atom. The maximum atomic E-state index is 13.6. The van der Waals surface area contributed by atoms with Crippen molar-refractivity contribution in [2.24, 2.45) is 16.8 Å². The van der Waals surface area contributed by atoms with E-state index in [0.717, 1.165) is 22.6 Å². The molecule has 0 aromatic heterocycles. The lowest BCUT2D eigenvalue weighted by Crippen LogP contribution is -2.38. The molecule has 1 aliphatic carbocycles. The number of ether oxygens (including phenoxy) is 2. The van der Waals surface area contributed by atoms with Crippen LogP contribution in [0.15, 0.2) is 70.9 Å². The van der Waals surface area contributed by atoms with Gasteiger partial charge in [0.05, 0.1) is 13.7 Å². The fraction of sp³-hybridized carbons (Fsp3) is 0.393. The average Bonchev–Trinajstić information content (AvgIpc) is 2.82. The largest absolute Gasteiger partial charge is 0.497 e. The highest BCUT2D eigenvalue weighted by Crippen LogP contribution is 2.47. The molecule has 2 aromatic rings. The molecule has 0 N–H and O–H groups in total. The van der Waals surface area contributed by atoms with Gasteiger partial charge in [-0.15, -0.1) is 0 Å². The highest BCUT2D eigenvalue weighted by Gasteiger charge is 2.44. The van der Waals surface area contributed by atoms with Gasteiger partial charge in [0, 0.05) is 29.3 Å². The third-order valence-electron chi connectivity index (χ3n) is 6.45. The zero-order valence-corrected chi connectivity index (χ0v) is 19.7. The summed E-state index contributed by atoms with van der Waals surface area (Å²) in [6.45, 7) is 6.22. The predicted molar refractivity (Wildman–Crippen MR) is 129 cm³/mol. The molecule has 0 bridgehead atoms. The maximum Gasteiger partial charge on any atom is 0.315 e. The van der Waals surface area contributed by atoms with Gasteiger partial charge in [0.1, 0.15) is 11.7 Å². The molecule has 2 aliphatic rings. The minimum atomic E-state index is -0.617. The number of aliphatic imine (C=N–C) groups is 1. The second kappa shape index (κ2) is 9.74. The van der Waals surface area contributed by atoms with E-state index in [9.17, 15) is 9.59 Å². The summed E-state index contributed by atoms with van der Waals surface area (Å²) in [4.78, 5) is 31.6. The van der Waals surface area contributed by atoms with Gasteiger partial charge < -0.3 is 9.47 Å². The van der Waals surface area contributed by atoms with Crippen molar-refractivity contribution in [2.75, 3.05) is 13.7 Å². The number of allylic oxidation sites excluding steroid dienone is 2. The van der Waals surface area contributed by atoms with Crippen molar-refractivity contribution in [3.8, 4) is 5.75 Å². The first-order chi connectivity index (χ1) is 15.9. The fourth-order valence-corrected chi connectivity index (χ4v) is 4.84. The van der Waals surface area contributed by atoms with E-state index in [4.69, 9.17) is 14.5 Å². The number of esters is 1. The molecular formula is C28H31NO4. The van der Waals surface area contributed by atoms with Gasteiger partial charge in [-0.3, -0.25) is 14.6 Å². The van der Waals surface area contributed by atoms with Crippen LogP contribution in [-0.2, 0) is 14.3 Å². The second-order valence-electron chi connectivity index (χ2n) is 9.30. The average molecular weight is 446 g/mol. The summed E-state index contributed by atoms with van der Waals surface area (Å²) in [5.41, 5.74) is 4.20. The molecule has 5 nitrogen and oxygen atoms in total. The molecule has 1 unspecified atom stereocenters. The molecule has 0 saturated carbocycles. The minimum absolute atomic E-state index is 0.0591. The van der Waals surface area contributed by atoms with Crippen LogP contribution in [-0.4, -0.2) is 31.2 Å². The third kappa shape index (κ3) is 4.77. The Kier molecular flexibility index (Phi) is 6.77. The molecule has 5 heteroatoms. The van der Waals surface area contributed by atoms with Crippen molar-refractivity contribution < 1.29 is 19.1 Å². The van der Waals surface area contributed by atoms with E-state index in [1.54, 1.807) is 7.11 Å². The number of hydrogen-bond acceptors (Lipinski definition) is 5. The van der Waals surface area contributed by atoms with Gasteiger partial charge in [0.15, 0.2) is 5.78 Å². The first-order valence-electron chi connectivity index (χ1n) is 11.6. The first kappa shape index (κ1) is 23.0. The van der Waals surface area contributed by atoms with Crippen LogP contribution in [0, 0.1) is 11.8 Å². The number of rotatable bonds is 6. The quantitative estimate of drug-likeness (QED) is 0.553.